The third-order valence-electron chi connectivity index (χ3n) is 6.93. The van der Waals surface area contributed by atoms with Gasteiger partial charge >= 0.3 is 0 Å². The van der Waals surface area contributed by atoms with E-state index in [1.807, 2.05) is 18.2 Å². The van der Waals surface area contributed by atoms with Crippen LogP contribution in [0, 0.1) is 0 Å². The number of benzene rings is 3. The van der Waals surface area contributed by atoms with Crippen LogP contribution in [0.4, 0.5) is 0 Å². The van der Waals surface area contributed by atoms with Gasteiger partial charge in [-0.3, -0.25) is 9.80 Å². The smallest absolute Gasteiger partial charge is 0.231 e. The fourth-order valence-electron chi connectivity index (χ4n) is 5.03. The second-order valence-corrected chi connectivity index (χ2v) is 9.15. The molecule has 0 atom stereocenters. The Hall–Kier alpha value is -3.55. The second-order valence-electron chi connectivity index (χ2n) is 9.15. The van der Waals surface area contributed by atoms with Gasteiger partial charge in [-0.1, -0.05) is 36.4 Å². The maximum absolute atomic E-state index is 5.62. The molecular weight excluding hydrogens is 440 g/mol. The van der Waals surface area contributed by atoms with Crippen LogP contribution in [0.15, 0.2) is 66.7 Å². The van der Waals surface area contributed by atoms with Gasteiger partial charge in [-0.2, -0.15) is 0 Å². The predicted molar refractivity (Wildman–Crippen MR) is 135 cm³/mol. The molecule has 7 heteroatoms. The molecule has 3 aromatic carbocycles. The van der Waals surface area contributed by atoms with E-state index in [1.165, 1.54) is 5.56 Å². The van der Waals surface area contributed by atoms with Crippen LogP contribution in [-0.2, 0) is 19.6 Å². The van der Waals surface area contributed by atoms with Gasteiger partial charge in [0.05, 0.1) is 31.2 Å². The summed E-state index contributed by atoms with van der Waals surface area (Å²) in [5.74, 6) is 3.71. The van der Waals surface area contributed by atoms with Crippen molar-refractivity contribution in [3.8, 4) is 17.2 Å². The standard InChI is InChI=1S/C28H30N4O3/c1-33-25-9-5-2-6-22(25)18-32-24-8-4-3-7-23(24)29-28(32)19-31-14-12-30(13-15-31)17-21-10-11-26-27(16-21)35-20-34-26/h2-11,16H,12-15,17-20H2,1H3. The Morgan fingerprint density at radius 1 is 0.800 bits per heavy atom. The topological polar surface area (TPSA) is 52.0 Å². The molecule has 7 nitrogen and oxygen atoms in total. The fourth-order valence-corrected chi connectivity index (χ4v) is 5.03. The lowest BCUT2D eigenvalue weighted by atomic mass is 10.1. The van der Waals surface area contributed by atoms with E-state index in [1.54, 1.807) is 7.11 Å². The number of piperazine rings is 1. The SMILES string of the molecule is COc1ccccc1Cn1c(CN2CCN(Cc3ccc4c(c3)OCO4)CC2)nc2ccccc21. The van der Waals surface area contributed by atoms with Crippen LogP contribution < -0.4 is 14.2 Å². The van der Waals surface area contributed by atoms with E-state index < -0.39 is 0 Å². The van der Waals surface area contributed by atoms with Crippen LogP contribution in [0.1, 0.15) is 17.0 Å². The minimum absolute atomic E-state index is 0.319. The van der Waals surface area contributed by atoms with Gasteiger partial charge in [0, 0.05) is 38.3 Å². The Morgan fingerprint density at radius 2 is 1.54 bits per heavy atom. The Labute approximate surface area is 205 Å². The highest BCUT2D eigenvalue weighted by molar-refractivity contribution is 5.76. The van der Waals surface area contributed by atoms with Crippen molar-refractivity contribution in [2.24, 2.45) is 0 Å². The summed E-state index contributed by atoms with van der Waals surface area (Å²) in [6.45, 7) is 6.91. The number of hydrogen-bond donors (Lipinski definition) is 0. The van der Waals surface area contributed by atoms with Crippen molar-refractivity contribution < 1.29 is 14.2 Å². The average Bonchev–Trinajstić information content (AvgIpc) is 3.50. The number of nitrogens with zero attached hydrogens (tertiary/aromatic N) is 4. The third kappa shape index (κ3) is 4.57. The van der Waals surface area contributed by atoms with Crippen LogP contribution in [0.5, 0.6) is 17.2 Å². The Morgan fingerprint density at radius 3 is 2.40 bits per heavy atom. The van der Waals surface area contributed by atoms with E-state index in [4.69, 9.17) is 19.2 Å². The first kappa shape index (κ1) is 21.9. The highest BCUT2D eigenvalue weighted by Gasteiger charge is 2.21. The summed E-state index contributed by atoms with van der Waals surface area (Å²) in [6.07, 6.45) is 0. The molecule has 0 spiro atoms. The number of fused-ring (bicyclic) bond motifs is 2. The largest absolute Gasteiger partial charge is 0.496 e. The van der Waals surface area contributed by atoms with Gasteiger partial charge in [0.1, 0.15) is 11.6 Å². The van der Waals surface area contributed by atoms with E-state index in [2.05, 4.69) is 62.9 Å². The number of rotatable bonds is 7. The number of ether oxygens (including phenoxy) is 3. The van der Waals surface area contributed by atoms with Gasteiger partial charge in [0.2, 0.25) is 6.79 Å². The Kier molecular flexibility index (Phi) is 6.02. The summed E-state index contributed by atoms with van der Waals surface area (Å²) in [4.78, 5) is 10.0. The lowest BCUT2D eigenvalue weighted by Gasteiger charge is -2.34. The molecule has 1 saturated heterocycles. The molecule has 1 fully saturated rings. The summed E-state index contributed by atoms with van der Waals surface area (Å²) in [5.41, 5.74) is 4.63. The molecule has 180 valence electrons. The first-order chi connectivity index (χ1) is 17.3. The molecule has 3 heterocycles. The van der Waals surface area contributed by atoms with Crippen LogP contribution in [0.25, 0.3) is 11.0 Å². The molecule has 0 saturated carbocycles. The van der Waals surface area contributed by atoms with Gasteiger partial charge in [-0.15, -0.1) is 0 Å². The Bertz CT molecular complexity index is 1330. The first-order valence-corrected chi connectivity index (χ1v) is 12.2. The molecule has 0 amide bonds. The lowest BCUT2D eigenvalue weighted by molar-refractivity contribution is 0.119. The third-order valence-corrected chi connectivity index (χ3v) is 6.93. The number of hydrogen-bond acceptors (Lipinski definition) is 6. The molecule has 35 heavy (non-hydrogen) atoms. The van der Waals surface area contributed by atoms with Crippen molar-refractivity contribution in [2.45, 2.75) is 19.6 Å². The van der Waals surface area contributed by atoms with Crippen LogP contribution in [-0.4, -0.2) is 59.4 Å². The first-order valence-electron chi connectivity index (χ1n) is 12.2. The van der Waals surface area contributed by atoms with Gasteiger partial charge in [-0.05, 0) is 35.9 Å². The average molecular weight is 471 g/mol. The normalized spacial score (nSPS) is 16.1. The molecule has 2 aliphatic heterocycles. The van der Waals surface area contributed by atoms with E-state index in [9.17, 15) is 0 Å². The minimum Gasteiger partial charge on any atom is -0.496 e. The summed E-state index contributed by atoms with van der Waals surface area (Å²) >= 11 is 0. The molecule has 1 aromatic heterocycles. The maximum atomic E-state index is 5.62. The lowest BCUT2D eigenvalue weighted by Crippen LogP contribution is -2.45. The van der Waals surface area contributed by atoms with Gasteiger partial charge in [0.25, 0.3) is 0 Å². The summed E-state index contributed by atoms with van der Waals surface area (Å²) < 4.78 is 18.9. The monoisotopic (exact) mass is 470 g/mol. The summed E-state index contributed by atoms with van der Waals surface area (Å²) in [6, 6.07) is 22.9. The van der Waals surface area contributed by atoms with Crippen molar-refractivity contribution in [3.05, 3.63) is 83.7 Å². The number of para-hydroxylation sites is 3. The number of aromatic nitrogens is 2. The number of methoxy groups -OCH3 is 1. The molecule has 4 aromatic rings. The zero-order valence-corrected chi connectivity index (χ0v) is 20.0. The minimum atomic E-state index is 0.319. The second kappa shape index (κ2) is 9.60. The zero-order valence-electron chi connectivity index (χ0n) is 20.0. The van der Waals surface area contributed by atoms with Gasteiger partial charge in [0.15, 0.2) is 11.5 Å². The molecule has 0 unspecified atom stereocenters. The quantitative estimate of drug-likeness (QED) is 0.405. The van der Waals surface area contributed by atoms with Gasteiger partial charge in [-0.25, -0.2) is 4.98 Å². The zero-order chi connectivity index (χ0) is 23.6. The van der Waals surface area contributed by atoms with Crippen molar-refractivity contribution in [3.63, 3.8) is 0 Å². The van der Waals surface area contributed by atoms with Crippen molar-refractivity contribution in [2.75, 3.05) is 40.1 Å². The molecule has 0 aliphatic carbocycles. The van der Waals surface area contributed by atoms with E-state index in [0.717, 1.165) is 85.5 Å². The van der Waals surface area contributed by atoms with E-state index in [0.29, 0.717) is 6.79 Å². The van der Waals surface area contributed by atoms with E-state index >= 15 is 0 Å². The highest BCUT2D eigenvalue weighted by atomic mass is 16.7. The fraction of sp³-hybridized carbons (Fsp3) is 0.321. The summed E-state index contributed by atoms with van der Waals surface area (Å²) in [5, 5.41) is 0. The van der Waals surface area contributed by atoms with Crippen molar-refractivity contribution >= 4 is 11.0 Å². The maximum Gasteiger partial charge on any atom is 0.231 e. The van der Waals surface area contributed by atoms with Crippen LogP contribution >= 0.6 is 0 Å². The van der Waals surface area contributed by atoms with Crippen molar-refractivity contribution in [1.82, 2.24) is 19.4 Å². The van der Waals surface area contributed by atoms with E-state index in [-0.39, 0.29) is 0 Å². The van der Waals surface area contributed by atoms with Crippen molar-refractivity contribution in [1.29, 1.82) is 0 Å². The Balaban J connectivity index is 1.15. The number of imidazole rings is 1. The van der Waals surface area contributed by atoms with Crippen LogP contribution in [0.2, 0.25) is 0 Å². The predicted octanol–water partition coefficient (Wildman–Crippen LogP) is 4.14. The molecule has 0 radical (unpaired) electrons. The molecule has 0 bridgehead atoms. The van der Waals surface area contributed by atoms with Gasteiger partial charge < -0.3 is 18.8 Å². The van der Waals surface area contributed by atoms with Crippen LogP contribution in [0.3, 0.4) is 0 Å². The summed E-state index contributed by atoms with van der Waals surface area (Å²) in [7, 11) is 1.73. The molecule has 2 aliphatic rings. The molecule has 0 N–H and O–H groups in total. The molecular formula is C28H30N4O3. The highest BCUT2D eigenvalue weighted by Crippen LogP contribution is 2.33. The molecule has 6 rings (SSSR count).